The van der Waals surface area contributed by atoms with Gasteiger partial charge in [-0.3, -0.25) is 4.79 Å². The normalized spacial score (nSPS) is 14.9. The predicted molar refractivity (Wildman–Crippen MR) is 64.3 cm³/mol. The first-order valence-corrected chi connectivity index (χ1v) is 5.77. The zero-order valence-electron chi connectivity index (χ0n) is 10.4. The van der Waals surface area contributed by atoms with Crippen LogP contribution < -0.4 is 4.74 Å². The zero-order valence-corrected chi connectivity index (χ0v) is 10.4. The largest absolute Gasteiger partial charge is 0.484 e. The van der Waals surface area contributed by atoms with Crippen molar-refractivity contribution in [2.24, 2.45) is 0 Å². The van der Waals surface area contributed by atoms with Crippen LogP contribution in [0.2, 0.25) is 0 Å². The van der Waals surface area contributed by atoms with Crippen molar-refractivity contribution >= 4 is 5.78 Å². The maximum absolute atomic E-state index is 11.7. The van der Waals surface area contributed by atoms with E-state index >= 15 is 0 Å². The topological polar surface area (TPSA) is 26.3 Å². The Balaban J connectivity index is 2.65. The van der Waals surface area contributed by atoms with E-state index in [1.165, 1.54) is 5.56 Å². The number of rotatable bonds is 1. The Morgan fingerprint density at radius 2 is 2.00 bits per heavy atom. The van der Waals surface area contributed by atoms with Gasteiger partial charge in [0.2, 0.25) is 5.78 Å². The number of carbonyl (C=O) groups excluding carboxylic acids is 1. The Morgan fingerprint density at radius 1 is 1.31 bits per heavy atom. The minimum atomic E-state index is 0.0138. The SMILES string of the molecule is CCc1cc2c(c(C(C)(C)C)c1)OCC2=O. The molecule has 0 bridgehead atoms. The maximum Gasteiger partial charge on any atom is 0.203 e. The number of aryl methyl sites for hydroxylation is 1. The summed E-state index contributed by atoms with van der Waals surface area (Å²) < 4.78 is 5.52. The summed E-state index contributed by atoms with van der Waals surface area (Å²) in [7, 11) is 0. The van der Waals surface area contributed by atoms with Crippen molar-refractivity contribution in [3.8, 4) is 5.75 Å². The number of ketones is 1. The van der Waals surface area contributed by atoms with Crippen molar-refractivity contribution in [2.75, 3.05) is 6.61 Å². The van der Waals surface area contributed by atoms with Gasteiger partial charge in [0, 0.05) is 5.56 Å². The molecule has 0 aliphatic carbocycles. The average molecular weight is 218 g/mol. The van der Waals surface area contributed by atoms with Gasteiger partial charge in [0.05, 0.1) is 5.56 Å². The minimum Gasteiger partial charge on any atom is -0.484 e. The van der Waals surface area contributed by atoms with Crippen LogP contribution in [0.3, 0.4) is 0 Å². The predicted octanol–water partition coefficient (Wildman–Crippen LogP) is 3.12. The van der Waals surface area contributed by atoms with Crippen LogP contribution in [0.5, 0.6) is 5.75 Å². The Labute approximate surface area is 96.6 Å². The third-order valence-corrected chi connectivity index (χ3v) is 3.01. The number of ether oxygens (including phenoxy) is 1. The first-order valence-electron chi connectivity index (χ1n) is 5.77. The van der Waals surface area contributed by atoms with Crippen LogP contribution >= 0.6 is 0 Å². The summed E-state index contributed by atoms with van der Waals surface area (Å²) >= 11 is 0. The summed E-state index contributed by atoms with van der Waals surface area (Å²) in [5.41, 5.74) is 3.14. The molecule has 1 aliphatic heterocycles. The van der Waals surface area contributed by atoms with Gasteiger partial charge in [0.1, 0.15) is 5.75 Å². The molecule has 0 N–H and O–H groups in total. The van der Waals surface area contributed by atoms with Crippen molar-refractivity contribution < 1.29 is 9.53 Å². The second-order valence-corrected chi connectivity index (χ2v) is 5.34. The fourth-order valence-electron chi connectivity index (χ4n) is 2.03. The van der Waals surface area contributed by atoms with Crippen molar-refractivity contribution in [3.63, 3.8) is 0 Å². The Morgan fingerprint density at radius 3 is 2.56 bits per heavy atom. The second kappa shape index (κ2) is 3.62. The maximum atomic E-state index is 11.7. The van der Waals surface area contributed by atoms with E-state index in [1.807, 2.05) is 6.07 Å². The molecule has 0 amide bonds. The van der Waals surface area contributed by atoms with Gasteiger partial charge >= 0.3 is 0 Å². The number of hydrogen-bond acceptors (Lipinski definition) is 2. The third-order valence-electron chi connectivity index (χ3n) is 3.01. The molecule has 0 fully saturated rings. The first-order chi connectivity index (χ1) is 7.43. The molecule has 0 atom stereocenters. The lowest BCUT2D eigenvalue weighted by molar-refractivity contribution is 0.0960. The quantitative estimate of drug-likeness (QED) is 0.724. The molecule has 16 heavy (non-hydrogen) atoms. The highest BCUT2D eigenvalue weighted by atomic mass is 16.5. The van der Waals surface area contributed by atoms with Crippen LogP contribution in [0.4, 0.5) is 0 Å². The fraction of sp³-hybridized carbons (Fsp3) is 0.500. The number of benzene rings is 1. The highest BCUT2D eigenvalue weighted by Crippen LogP contribution is 2.38. The lowest BCUT2D eigenvalue weighted by atomic mass is 9.83. The van der Waals surface area contributed by atoms with Gasteiger partial charge in [-0.2, -0.15) is 0 Å². The van der Waals surface area contributed by atoms with Crippen LogP contribution in [0.25, 0.3) is 0 Å². The smallest absolute Gasteiger partial charge is 0.203 e. The molecule has 1 aromatic rings. The number of hydrogen-bond donors (Lipinski definition) is 0. The molecule has 0 unspecified atom stereocenters. The van der Waals surface area contributed by atoms with Crippen molar-refractivity contribution in [2.45, 2.75) is 39.5 Å². The highest BCUT2D eigenvalue weighted by Gasteiger charge is 2.29. The first kappa shape index (κ1) is 11.2. The molecular formula is C14H18O2. The Hall–Kier alpha value is -1.31. The van der Waals surface area contributed by atoms with Gasteiger partial charge in [-0.1, -0.05) is 33.8 Å². The van der Waals surface area contributed by atoms with E-state index < -0.39 is 0 Å². The van der Waals surface area contributed by atoms with Gasteiger partial charge in [0.25, 0.3) is 0 Å². The zero-order chi connectivity index (χ0) is 11.9. The monoisotopic (exact) mass is 218 g/mol. The molecule has 86 valence electrons. The fourth-order valence-corrected chi connectivity index (χ4v) is 2.03. The molecule has 2 nitrogen and oxygen atoms in total. The molecule has 2 heteroatoms. The Kier molecular flexibility index (Phi) is 2.53. The van der Waals surface area contributed by atoms with Crippen molar-refractivity contribution in [1.82, 2.24) is 0 Å². The van der Waals surface area contributed by atoms with Gasteiger partial charge in [-0.05, 0) is 23.5 Å². The van der Waals surface area contributed by atoms with E-state index in [-0.39, 0.29) is 17.8 Å². The molecule has 1 aliphatic rings. The summed E-state index contributed by atoms with van der Waals surface area (Å²) in [5.74, 6) is 0.908. The number of carbonyl (C=O) groups is 1. The molecule has 1 heterocycles. The van der Waals surface area contributed by atoms with E-state index in [1.54, 1.807) is 0 Å². The lowest BCUT2D eigenvalue weighted by Gasteiger charge is -2.22. The molecule has 0 aromatic heterocycles. The summed E-state index contributed by atoms with van der Waals surface area (Å²) in [6, 6.07) is 4.14. The van der Waals surface area contributed by atoms with E-state index in [4.69, 9.17) is 4.74 Å². The molecule has 1 aromatic carbocycles. The summed E-state index contributed by atoms with van der Waals surface area (Å²) in [4.78, 5) is 11.7. The molecule has 0 saturated carbocycles. The van der Waals surface area contributed by atoms with E-state index in [9.17, 15) is 4.79 Å². The molecular weight excluding hydrogens is 200 g/mol. The van der Waals surface area contributed by atoms with Gasteiger partial charge in [0.15, 0.2) is 6.61 Å². The van der Waals surface area contributed by atoms with Crippen LogP contribution in [0.15, 0.2) is 12.1 Å². The average Bonchev–Trinajstić information content (AvgIpc) is 2.58. The summed E-state index contributed by atoms with van der Waals surface area (Å²) in [6.45, 7) is 8.75. The van der Waals surface area contributed by atoms with Crippen LogP contribution in [-0.2, 0) is 11.8 Å². The minimum absolute atomic E-state index is 0.0138. The lowest BCUT2D eigenvalue weighted by Crippen LogP contribution is -2.13. The second-order valence-electron chi connectivity index (χ2n) is 5.34. The van der Waals surface area contributed by atoms with Crippen LogP contribution in [0.1, 0.15) is 49.2 Å². The number of fused-ring (bicyclic) bond motifs is 1. The van der Waals surface area contributed by atoms with Crippen LogP contribution in [0, 0.1) is 0 Å². The van der Waals surface area contributed by atoms with E-state index in [0.717, 1.165) is 23.3 Å². The van der Waals surface area contributed by atoms with Crippen molar-refractivity contribution in [1.29, 1.82) is 0 Å². The molecule has 0 radical (unpaired) electrons. The highest BCUT2D eigenvalue weighted by molar-refractivity contribution is 6.03. The van der Waals surface area contributed by atoms with E-state index in [0.29, 0.717) is 0 Å². The van der Waals surface area contributed by atoms with Crippen molar-refractivity contribution in [3.05, 3.63) is 28.8 Å². The van der Waals surface area contributed by atoms with E-state index in [2.05, 4.69) is 33.8 Å². The molecule has 2 rings (SSSR count). The van der Waals surface area contributed by atoms with Crippen LogP contribution in [-0.4, -0.2) is 12.4 Å². The standard InChI is InChI=1S/C14H18O2/c1-5-9-6-10-12(15)8-16-13(10)11(7-9)14(2,3)4/h6-7H,5,8H2,1-4H3. The Bertz CT molecular complexity index is 439. The third kappa shape index (κ3) is 1.73. The molecule has 0 saturated heterocycles. The number of Topliss-reactive ketones (excluding diaryl/α,β-unsaturated/α-hetero) is 1. The summed E-state index contributed by atoms with van der Waals surface area (Å²) in [6.07, 6.45) is 0.948. The molecule has 0 spiro atoms. The summed E-state index contributed by atoms with van der Waals surface area (Å²) in [5, 5.41) is 0. The van der Waals surface area contributed by atoms with Gasteiger partial charge in [-0.15, -0.1) is 0 Å². The van der Waals surface area contributed by atoms with Gasteiger partial charge < -0.3 is 4.74 Å². The van der Waals surface area contributed by atoms with Gasteiger partial charge in [-0.25, -0.2) is 0 Å².